The van der Waals surface area contributed by atoms with Crippen LogP contribution >= 0.6 is 0 Å². The largest absolute Gasteiger partial charge is 0.481 e. The van der Waals surface area contributed by atoms with Crippen molar-refractivity contribution in [3.63, 3.8) is 0 Å². The molecule has 0 bridgehead atoms. The van der Waals surface area contributed by atoms with E-state index in [-0.39, 0.29) is 12.8 Å². The molecule has 0 heterocycles. The van der Waals surface area contributed by atoms with Crippen LogP contribution in [0.2, 0.25) is 0 Å². The van der Waals surface area contributed by atoms with E-state index >= 15 is 0 Å². The summed E-state index contributed by atoms with van der Waals surface area (Å²) in [6.07, 6.45) is 2.79. The molecule has 0 radical (unpaired) electrons. The van der Waals surface area contributed by atoms with Crippen molar-refractivity contribution in [2.75, 3.05) is 7.11 Å². The van der Waals surface area contributed by atoms with Crippen molar-refractivity contribution in [1.29, 1.82) is 0 Å². The highest BCUT2D eigenvalue weighted by atomic mass is 19.1. The summed E-state index contributed by atoms with van der Waals surface area (Å²) < 4.78 is 18.0. The van der Waals surface area contributed by atoms with Gasteiger partial charge in [-0.15, -0.1) is 0 Å². The Labute approximate surface area is 104 Å². The van der Waals surface area contributed by atoms with Gasteiger partial charge in [-0.3, -0.25) is 9.59 Å². The van der Waals surface area contributed by atoms with Crippen LogP contribution in [0.1, 0.15) is 17.5 Å². The zero-order valence-corrected chi connectivity index (χ0v) is 9.85. The smallest absolute Gasteiger partial charge is 0.309 e. The van der Waals surface area contributed by atoms with Gasteiger partial charge in [-0.25, -0.2) is 4.39 Å². The number of carbonyl (C=O) groups excluding carboxylic acids is 1. The second kappa shape index (κ2) is 6.54. The number of ether oxygens (including phenoxy) is 1. The fraction of sp³-hybridized carbons (Fsp3) is 0.231. The summed E-state index contributed by atoms with van der Waals surface area (Å²) in [4.78, 5) is 21.3. The van der Waals surface area contributed by atoms with E-state index in [1.807, 2.05) is 0 Å². The summed E-state index contributed by atoms with van der Waals surface area (Å²) in [6, 6.07) is 4.18. The average Bonchev–Trinajstić information content (AvgIpc) is 2.31. The molecule has 1 aromatic rings. The predicted molar refractivity (Wildman–Crippen MR) is 63.4 cm³/mol. The van der Waals surface area contributed by atoms with Gasteiger partial charge in [-0.1, -0.05) is 24.3 Å². The highest BCUT2D eigenvalue weighted by Crippen LogP contribution is 2.13. The third kappa shape index (κ3) is 4.37. The Kier molecular flexibility index (Phi) is 5.05. The van der Waals surface area contributed by atoms with Crippen molar-refractivity contribution in [2.24, 2.45) is 0 Å². The van der Waals surface area contributed by atoms with Crippen molar-refractivity contribution in [1.82, 2.24) is 0 Å². The molecule has 0 aliphatic carbocycles. The van der Waals surface area contributed by atoms with E-state index in [1.54, 1.807) is 0 Å². The van der Waals surface area contributed by atoms with Gasteiger partial charge >= 0.3 is 11.9 Å². The number of carboxylic acid groups (broad SMARTS) is 1. The number of hydrogen-bond acceptors (Lipinski definition) is 3. The summed E-state index contributed by atoms with van der Waals surface area (Å²) in [5.41, 5.74) is 0.693. The molecule has 1 N–H and O–H groups in total. The molecule has 0 atom stereocenters. The lowest BCUT2D eigenvalue weighted by Gasteiger charge is -2.01. The van der Waals surface area contributed by atoms with Crippen LogP contribution in [-0.4, -0.2) is 24.2 Å². The van der Waals surface area contributed by atoms with Gasteiger partial charge in [0.05, 0.1) is 20.0 Å². The number of benzene rings is 1. The van der Waals surface area contributed by atoms with Crippen LogP contribution in [0.5, 0.6) is 0 Å². The van der Waals surface area contributed by atoms with E-state index in [1.165, 1.54) is 37.5 Å². The molecule has 0 saturated heterocycles. The van der Waals surface area contributed by atoms with Crippen LogP contribution in [-0.2, 0) is 20.7 Å². The molecular weight excluding hydrogens is 239 g/mol. The maximum Gasteiger partial charge on any atom is 0.309 e. The monoisotopic (exact) mass is 252 g/mol. The van der Waals surface area contributed by atoms with E-state index in [0.29, 0.717) is 11.1 Å². The molecule has 5 heteroatoms. The Morgan fingerprint density at radius 2 is 2.17 bits per heavy atom. The summed E-state index contributed by atoms with van der Waals surface area (Å²) in [5, 5.41) is 8.57. The minimum absolute atomic E-state index is 0.0623. The van der Waals surface area contributed by atoms with Crippen LogP contribution in [0.15, 0.2) is 24.3 Å². The fourth-order valence-electron chi connectivity index (χ4n) is 1.36. The molecule has 0 aliphatic heterocycles. The Morgan fingerprint density at radius 1 is 1.44 bits per heavy atom. The number of methoxy groups -OCH3 is 1. The molecule has 1 rings (SSSR count). The molecule has 4 nitrogen and oxygen atoms in total. The number of aliphatic carboxylic acids is 1. The van der Waals surface area contributed by atoms with Gasteiger partial charge in [-0.05, 0) is 11.6 Å². The van der Waals surface area contributed by atoms with Gasteiger partial charge in [0.25, 0.3) is 0 Å². The van der Waals surface area contributed by atoms with E-state index in [2.05, 4.69) is 4.74 Å². The minimum Gasteiger partial charge on any atom is -0.481 e. The predicted octanol–water partition coefficient (Wildman–Crippen LogP) is 2.03. The number of hydrogen-bond donors (Lipinski definition) is 1. The molecule has 18 heavy (non-hydrogen) atoms. The van der Waals surface area contributed by atoms with Crippen molar-refractivity contribution < 1.29 is 23.8 Å². The van der Waals surface area contributed by atoms with E-state index in [9.17, 15) is 14.0 Å². The number of carbonyl (C=O) groups is 2. The second-order valence-corrected chi connectivity index (χ2v) is 3.61. The molecule has 0 saturated carbocycles. The van der Waals surface area contributed by atoms with Gasteiger partial charge in [0, 0.05) is 5.56 Å². The minimum atomic E-state index is -1.01. The lowest BCUT2D eigenvalue weighted by molar-refractivity contribution is -0.139. The summed E-state index contributed by atoms with van der Waals surface area (Å²) in [5.74, 6) is -1.94. The highest BCUT2D eigenvalue weighted by molar-refractivity contribution is 5.73. The Morgan fingerprint density at radius 3 is 2.72 bits per heavy atom. The third-order valence-electron chi connectivity index (χ3n) is 2.23. The summed E-state index contributed by atoms with van der Waals surface area (Å²) in [6.45, 7) is 0. The first-order chi connectivity index (χ1) is 8.52. The lowest BCUT2D eigenvalue weighted by atomic mass is 10.1. The summed E-state index contributed by atoms with van der Waals surface area (Å²) in [7, 11) is 1.28. The van der Waals surface area contributed by atoms with E-state index in [4.69, 9.17) is 5.11 Å². The maximum absolute atomic E-state index is 13.5. The van der Waals surface area contributed by atoms with Crippen molar-refractivity contribution in [3.8, 4) is 0 Å². The van der Waals surface area contributed by atoms with Gasteiger partial charge in [0.2, 0.25) is 0 Å². The van der Waals surface area contributed by atoms with Crippen LogP contribution in [0.4, 0.5) is 4.39 Å². The molecule has 96 valence electrons. The van der Waals surface area contributed by atoms with E-state index in [0.717, 1.165) is 0 Å². The molecule has 0 unspecified atom stereocenters. The Bertz CT molecular complexity index is 480. The number of halogens is 1. The lowest BCUT2D eigenvalue weighted by Crippen LogP contribution is -2.00. The first-order valence-corrected chi connectivity index (χ1v) is 5.26. The number of carboxylic acids is 1. The SMILES string of the molecule is COC(=O)CC=Cc1ccc(CC(=O)O)cc1F. The normalized spacial score (nSPS) is 10.6. The fourth-order valence-corrected chi connectivity index (χ4v) is 1.36. The van der Waals surface area contributed by atoms with Gasteiger partial charge < -0.3 is 9.84 Å². The topological polar surface area (TPSA) is 63.6 Å². The van der Waals surface area contributed by atoms with Crippen molar-refractivity contribution >= 4 is 18.0 Å². The van der Waals surface area contributed by atoms with Crippen molar-refractivity contribution in [3.05, 3.63) is 41.2 Å². The number of rotatable bonds is 5. The molecule has 0 aliphatic rings. The first kappa shape index (κ1) is 13.9. The first-order valence-electron chi connectivity index (χ1n) is 5.26. The van der Waals surface area contributed by atoms with Crippen LogP contribution in [0.25, 0.3) is 6.08 Å². The molecule has 0 spiro atoms. The van der Waals surface area contributed by atoms with Crippen molar-refractivity contribution in [2.45, 2.75) is 12.8 Å². The highest BCUT2D eigenvalue weighted by Gasteiger charge is 2.04. The Hall–Kier alpha value is -2.17. The van der Waals surface area contributed by atoms with Gasteiger partial charge in [0.1, 0.15) is 5.82 Å². The molecule has 1 aromatic carbocycles. The summed E-state index contributed by atoms with van der Waals surface area (Å²) >= 11 is 0. The average molecular weight is 252 g/mol. The zero-order valence-electron chi connectivity index (χ0n) is 9.85. The van der Waals surface area contributed by atoms with Crippen LogP contribution in [0.3, 0.4) is 0 Å². The zero-order chi connectivity index (χ0) is 13.5. The van der Waals surface area contributed by atoms with Crippen LogP contribution < -0.4 is 0 Å². The standard InChI is InChI=1S/C13H13FO4/c1-18-13(17)4-2-3-10-6-5-9(7-11(10)14)8-12(15)16/h2-3,5-7H,4,8H2,1H3,(H,15,16). The third-order valence-corrected chi connectivity index (χ3v) is 2.23. The maximum atomic E-state index is 13.5. The van der Waals surface area contributed by atoms with Gasteiger partial charge in [0.15, 0.2) is 0 Å². The molecule has 0 fully saturated rings. The second-order valence-electron chi connectivity index (χ2n) is 3.61. The van der Waals surface area contributed by atoms with Crippen LogP contribution in [0, 0.1) is 5.82 Å². The molecular formula is C13H13FO4. The van der Waals surface area contributed by atoms with Gasteiger partial charge in [-0.2, -0.15) is 0 Å². The quantitative estimate of drug-likeness (QED) is 0.814. The Balaban J connectivity index is 2.73. The molecule has 0 aromatic heterocycles. The number of esters is 1. The van der Waals surface area contributed by atoms with E-state index < -0.39 is 17.8 Å². The molecule has 0 amide bonds.